The Hall–Kier alpha value is -1.59. The van der Waals surface area contributed by atoms with Crippen molar-refractivity contribution in [1.29, 1.82) is 0 Å². The number of para-hydroxylation sites is 1. The average Bonchev–Trinajstić information content (AvgIpc) is 2.48. The molecule has 1 aliphatic rings. The molecule has 5 nitrogen and oxygen atoms in total. The van der Waals surface area contributed by atoms with Crippen molar-refractivity contribution in [2.45, 2.75) is 25.3 Å². The van der Waals surface area contributed by atoms with Crippen molar-refractivity contribution in [3.8, 4) is 0 Å². The predicted octanol–water partition coefficient (Wildman–Crippen LogP) is 1.98. The van der Waals surface area contributed by atoms with Gasteiger partial charge in [-0.3, -0.25) is 4.79 Å². The summed E-state index contributed by atoms with van der Waals surface area (Å²) in [6.45, 7) is 0.858. The molecule has 0 saturated carbocycles. The number of piperidine rings is 1. The number of methoxy groups -OCH3 is 1. The molecule has 0 aliphatic carbocycles. The standard InChI is InChI=1S/C14H18N2O3.ClH/c1-19-14(18)10-6-2-3-7-11(10)16-13(17)12-8-4-5-9-15-12;/h2-3,6-7,12,15H,4-5,8-9H2,1H3,(H,16,17);1H. The second kappa shape index (κ2) is 7.87. The molecule has 1 unspecified atom stereocenters. The molecule has 1 aromatic carbocycles. The average molecular weight is 299 g/mol. The van der Waals surface area contributed by atoms with Gasteiger partial charge in [0.1, 0.15) is 0 Å². The van der Waals surface area contributed by atoms with E-state index in [1.165, 1.54) is 7.11 Å². The molecular formula is C14H19ClN2O3. The number of halogens is 1. The number of carbonyl (C=O) groups excluding carboxylic acids is 2. The highest BCUT2D eigenvalue weighted by atomic mass is 35.5. The Balaban J connectivity index is 0.00000200. The third-order valence-corrected chi connectivity index (χ3v) is 3.22. The smallest absolute Gasteiger partial charge is 0.339 e. The predicted molar refractivity (Wildman–Crippen MR) is 79.3 cm³/mol. The lowest BCUT2D eigenvalue weighted by Crippen LogP contribution is -2.43. The summed E-state index contributed by atoms with van der Waals surface area (Å²) in [5.74, 6) is -0.552. The van der Waals surface area contributed by atoms with Crippen molar-refractivity contribution in [3.63, 3.8) is 0 Å². The molecule has 20 heavy (non-hydrogen) atoms. The van der Waals surface area contributed by atoms with Crippen LogP contribution in [0.2, 0.25) is 0 Å². The van der Waals surface area contributed by atoms with Crippen LogP contribution < -0.4 is 10.6 Å². The van der Waals surface area contributed by atoms with Crippen molar-refractivity contribution in [2.24, 2.45) is 0 Å². The topological polar surface area (TPSA) is 67.4 Å². The highest BCUT2D eigenvalue weighted by Crippen LogP contribution is 2.17. The van der Waals surface area contributed by atoms with Gasteiger partial charge in [-0.1, -0.05) is 18.6 Å². The van der Waals surface area contributed by atoms with E-state index in [0.29, 0.717) is 11.3 Å². The van der Waals surface area contributed by atoms with Crippen LogP contribution in [0, 0.1) is 0 Å². The molecule has 1 amide bonds. The lowest BCUT2D eigenvalue weighted by atomic mass is 10.0. The first kappa shape index (κ1) is 16.5. The van der Waals surface area contributed by atoms with Gasteiger partial charge >= 0.3 is 5.97 Å². The van der Waals surface area contributed by atoms with Crippen molar-refractivity contribution < 1.29 is 14.3 Å². The van der Waals surface area contributed by atoms with E-state index >= 15 is 0 Å². The van der Waals surface area contributed by atoms with Crippen molar-refractivity contribution in [3.05, 3.63) is 29.8 Å². The van der Waals surface area contributed by atoms with Gasteiger partial charge in [0, 0.05) is 0 Å². The largest absolute Gasteiger partial charge is 0.465 e. The lowest BCUT2D eigenvalue weighted by Gasteiger charge is -2.22. The minimum atomic E-state index is -0.451. The van der Waals surface area contributed by atoms with E-state index in [1.54, 1.807) is 24.3 Å². The summed E-state index contributed by atoms with van der Waals surface area (Å²) >= 11 is 0. The summed E-state index contributed by atoms with van der Waals surface area (Å²) in [5.41, 5.74) is 0.862. The Morgan fingerprint density at radius 1 is 1.30 bits per heavy atom. The van der Waals surface area contributed by atoms with Gasteiger partial charge in [0.05, 0.1) is 24.4 Å². The summed E-state index contributed by atoms with van der Waals surface area (Å²) in [4.78, 5) is 23.7. The molecule has 1 heterocycles. The zero-order valence-electron chi connectivity index (χ0n) is 11.3. The molecule has 0 spiro atoms. The molecule has 6 heteroatoms. The van der Waals surface area contributed by atoms with E-state index in [2.05, 4.69) is 10.6 Å². The number of hydrogen-bond donors (Lipinski definition) is 2. The highest BCUT2D eigenvalue weighted by molar-refractivity contribution is 6.02. The summed E-state index contributed by atoms with van der Waals surface area (Å²) in [7, 11) is 1.32. The van der Waals surface area contributed by atoms with Crippen molar-refractivity contribution >= 4 is 30.0 Å². The van der Waals surface area contributed by atoms with E-state index in [-0.39, 0.29) is 24.4 Å². The molecule has 1 aromatic rings. The number of carbonyl (C=O) groups is 2. The van der Waals surface area contributed by atoms with Gasteiger partial charge in [-0.05, 0) is 31.5 Å². The monoisotopic (exact) mass is 298 g/mol. The fourth-order valence-corrected chi connectivity index (χ4v) is 2.18. The second-order valence-corrected chi connectivity index (χ2v) is 4.53. The van der Waals surface area contributed by atoms with Crippen molar-refractivity contribution in [2.75, 3.05) is 19.0 Å². The number of amides is 1. The first-order valence-electron chi connectivity index (χ1n) is 6.44. The molecule has 110 valence electrons. The first-order valence-corrected chi connectivity index (χ1v) is 6.44. The van der Waals surface area contributed by atoms with Gasteiger partial charge in [-0.2, -0.15) is 0 Å². The number of rotatable bonds is 3. The highest BCUT2D eigenvalue weighted by Gasteiger charge is 2.22. The van der Waals surface area contributed by atoms with E-state index < -0.39 is 5.97 Å². The number of esters is 1. The molecule has 2 N–H and O–H groups in total. The minimum Gasteiger partial charge on any atom is -0.465 e. The number of hydrogen-bond acceptors (Lipinski definition) is 4. The quantitative estimate of drug-likeness (QED) is 0.837. The van der Waals surface area contributed by atoms with Crippen LogP contribution in [0.25, 0.3) is 0 Å². The Bertz CT molecular complexity index is 473. The maximum Gasteiger partial charge on any atom is 0.339 e. The summed E-state index contributed by atoms with van der Waals surface area (Å²) in [6.07, 6.45) is 2.97. The van der Waals surface area contributed by atoms with Crippen molar-refractivity contribution in [1.82, 2.24) is 5.32 Å². The fourth-order valence-electron chi connectivity index (χ4n) is 2.18. The Kier molecular flexibility index (Phi) is 6.48. The van der Waals surface area contributed by atoms with Crippen LogP contribution in [-0.4, -0.2) is 31.6 Å². The first-order chi connectivity index (χ1) is 9.22. The molecule has 1 atom stereocenters. The number of nitrogens with one attached hydrogen (secondary N) is 2. The Labute approximate surface area is 124 Å². The van der Waals surface area contributed by atoms with Crippen LogP contribution in [0.15, 0.2) is 24.3 Å². The summed E-state index contributed by atoms with van der Waals surface area (Å²) in [5, 5.41) is 5.97. The van der Waals surface area contributed by atoms with E-state index in [0.717, 1.165) is 25.8 Å². The van der Waals surface area contributed by atoms with Crippen LogP contribution in [0.1, 0.15) is 29.6 Å². The number of anilines is 1. The number of ether oxygens (including phenoxy) is 1. The van der Waals surface area contributed by atoms with Gasteiger partial charge < -0.3 is 15.4 Å². The van der Waals surface area contributed by atoms with E-state index in [1.807, 2.05) is 0 Å². The molecular weight excluding hydrogens is 280 g/mol. The van der Waals surface area contributed by atoms with E-state index in [9.17, 15) is 9.59 Å². The zero-order chi connectivity index (χ0) is 13.7. The van der Waals surface area contributed by atoms with Crippen LogP contribution in [0.4, 0.5) is 5.69 Å². The van der Waals surface area contributed by atoms with Gasteiger partial charge in [-0.15, -0.1) is 12.4 Å². The van der Waals surface area contributed by atoms with Gasteiger partial charge in [0.2, 0.25) is 5.91 Å². The second-order valence-electron chi connectivity index (χ2n) is 4.53. The molecule has 2 rings (SSSR count). The minimum absolute atomic E-state index is 0. The van der Waals surface area contributed by atoms with Gasteiger partial charge in [0.25, 0.3) is 0 Å². The van der Waals surface area contributed by atoms with Crippen LogP contribution in [0.3, 0.4) is 0 Å². The molecule has 0 bridgehead atoms. The van der Waals surface area contributed by atoms with Gasteiger partial charge in [-0.25, -0.2) is 4.79 Å². The summed E-state index contributed by atoms with van der Waals surface area (Å²) in [6, 6.07) is 6.67. The van der Waals surface area contributed by atoms with Gasteiger partial charge in [0.15, 0.2) is 0 Å². The number of benzene rings is 1. The third-order valence-electron chi connectivity index (χ3n) is 3.22. The SMILES string of the molecule is COC(=O)c1ccccc1NC(=O)C1CCCCN1.Cl. The van der Waals surface area contributed by atoms with Crippen LogP contribution in [-0.2, 0) is 9.53 Å². The Morgan fingerprint density at radius 2 is 2.05 bits per heavy atom. The van der Waals surface area contributed by atoms with Crippen LogP contribution >= 0.6 is 12.4 Å². The molecule has 0 radical (unpaired) electrons. The molecule has 1 aliphatic heterocycles. The maximum atomic E-state index is 12.1. The molecule has 1 saturated heterocycles. The normalized spacial score (nSPS) is 17.8. The Morgan fingerprint density at radius 3 is 2.70 bits per heavy atom. The lowest BCUT2D eigenvalue weighted by molar-refractivity contribution is -0.118. The fraction of sp³-hybridized carbons (Fsp3) is 0.429. The molecule has 1 fully saturated rings. The molecule has 0 aromatic heterocycles. The summed E-state index contributed by atoms with van der Waals surface area (Å²) < 4.78 is 4.70. The zero-order valence-corrected chi connectivity index (χ0v) is 12.2. The third kappa shape index (κ3) is 3.95. The van der Waals surface area contributed by atoms with E-state index in [4.69, 9.17) is 4.74 Å². The van der Waals surface area contributed by atoms with Crippen LogP contribution in [0.5, 0.6) is 0 Å². The maximum absolute atomic E-state index is 12.1.